The highest BCUT2D eigenvalue weighted by Gasteiger charge is 2.17. The lowest BCUT2D eigenvalue weighted by molar-refractivity contribution is 0.101. The van der Waals surface area contributed by atoms with Crippen LogP contribution in [0.1, 0.15) is 21.9 Å². The maximum absolute atomic E-state index is 12.2. The van der Waals surface area contributed by atoms with Gasteiger partial charge in [0.25, 0.3) is 5.91 Å². The molecule has 4 aromatic rings. The molecule has 1 N–H and O–H groups in total. The quantitative estimate of drug-likeness (QED) is 0.553. The van der Waals surface area contributed by atoms with Crippen molar-refractivity contribution >= 4 is 11.9 Å². The van der Waals surface area contributed by atoms with Crippen molar-refractivity contribution in [1.82, 2.24) is 15.4 Å². The fourth-order valence-corrected chi connectivity index (χ4v) is 2.37. The van der Waals surface area contributed by atoms with Gasteiger partial charge in [0.05, 0.1) is 19.8 Å². The SMILES string of the molecule is COc1ccc(Cc2nnc(NC(=O)c3cc(-c4ccco4)on3)o2)cc1. The molecule has 0 unspecified atom stereocenters. The number of ether oxygens (including phenoxy) is 1. The fraction of sp³-hybridized carbons (Fsp3) is 0.111. The summed E-state index contributed by atoms with van der Waals surface area (Å²) in [5.41, 5.74) is 1.04. The van der Waals surface area contributed by atoms with Crippen LogP contribution in [-0.2, 0) is 6.42 Å². The van der Waals surface area contributed by atoms with E-state index in [9.17, 15) is 4.79 Å². The molecule has 4 rings (SSSR count). The van der Waals surface area contributed by atoms with Gasteiger partial charge in [-0.05, 0) is 29.8 Å². The highest BCUT2D eigenvalue weighted by Crippen LogP contribution is 2.21. The number of carbonyl (C=O) groups is 1. The summed E-state index contributed by atoms with van der Waals surface area (Å²) in [5.74, 6) is 1.42. The molecular formula is C18H14N4O5. The zero-order chi connectivity index (χ0) is 18.6. The van der Waals surface area contributed by atoms with Gasteiger partial charge in [0.2, 0.25) is 11.7 Å². The first-order valence-electron chi connectivity index (χ1n) is 7.98. The van der Waals surface area contributed by atoms with Gasteiger partial charge in [-0.3, -0.25) is 10.1 Å². The van der Waals surface area contributed by atoms with E-state index in [2.05, 4.69) is 20.7 Å². The van der Waals surface area contributed by atoms with Crippen LogP contribution in [0.25, 0.3) is 11.5 Å². The zero-order valence-electron chi connectivity index (χ0n) is 14.2. The first kappa shape index (κ1) is 16.6. The molecule has 0 spiro atoms. The Balaban J connectivity index is 1.40. The molecule has 1 amide bonds. The predicted octanol–water partition coefficient (Wildman–Crippen LogP) is 3.17. The standard InChI is InChI=1S/C18H14N4O5/c1-24-12-6-4-11(5-7-12)9-16-20-21-18(26-16)19-17(23)13-10-15(27-22-13)14-3-2-8-25-14/h2-8,10H,9H2,1H3,(H,19,21,23). The Morgan fingerprint density at radius 3 is 2.74 bits per heavy atom. The molecule has 27 heavy (non-hydrogen) atoms. The van der Waals surface area contributed by atoms with Crippen molar-refractivity contribution in [2.24, 2.45) is 0 Å². The van der Waals surface area contributed by atoms with Gasteiger partial charge in [0, 0.05) is 6.07 Å². The summed E-state index contributed by atoms with van der Waals surface area (Å²) in [4.78, 5) is 12.2. The number of hydrogen-bond donors (Lipinski definition) is 1. The molecule has 9 nitrogen and oxygen atoms in total. The molecule has 0 aliphatic carbocycles. The van der Waals surface area contributed by atoms with Crippen molar-refractivity contribution in [1.29, 1.82) is 0 Å². The van der Waals surface area contributed by atoms with E-state index in [0.29, 0.717) is 23.8 Å². The minimum Gasteiger partial charge on any atom is -0.497 e. The molecule has 0 aliphatic rings. The molecule has 0 bridgehead atoms. The maximum atomic E-state index is 12.2. The molecule has 0 atom stereocenters. The first-order valence-corrected chi connectivity index (χ1v) is 7.98. The number of anilines is 1. The van der Waals surface area contributed by atoms with Gasteiger partial charge < -0.3 is 18.1 Å². The van der Waals surface area contributed by atoms with Crippen LogP contribution in [0.3, 0.4) is 0 Å². The van der Waals surface area contributed by atoms with E-state index < -0.39 is 5.91 Å². The second-order valence-electron chi connectivity index (χ2n) is 5.53. The van der Waals surface area contributed by atoms with Gasteiger partial charge in [0.1, 0.15) is 5.75 Å². The molecule has 0 saturated heterocycles. The van der Waals surface area contributed by atoms with Gasteiger partial charge in [0.15, 0.2) is 11.5 Å². The number of benzene rings is 1. The number of amides is 1. The third kappa shape index (κ3) is 3.71. The highest BCUT2D eigenvalue weighted by atomic mass is 16.5. The van der Waals surface area contributed by atoms with Crippen LogP contribution in [0, 0.1) is 0 Å². The molecule has 3 aromatic heterocycles. The van der Waals surface area contributed by atoms with Gasteiger partial charge >= 0.3 is 6.01 Å². The summed E-state index contributed by atoms with van der Waals surface area (Å²) in [5, 5.41) is 13.9. The molecule has 136 valence electrons. The number of aromatic nitrogens is 3. The Kier molecular flexibility index (Phi) is 4.40. The number of methoxy groups -OCH3 is 1. The second kappa shape index (κ2) is 7.16. The van der Waals surface area contributed by atoms with Gasteiger partial charge in [-0.2, -0.15) is 0 Å². The highest BCUT2D eigenvalue weighted by molar-refractivity contribution is 6.01. The minimum atomic E-state index is -0.531. The lowest BCUT2D eigenvalue weighted by Gasteiger charge is -2.00. The van der Waals surface area contributed by atoms with Crippen LogP contribution in [0.15, 0.2) is 62.1 Å². The third-order valence-corrected chi connectivity index (χ3v) is 3.71. The van der Waals surface area contributed by atoms with Crippen LogP contribution >= 0.6 is 0 Å². The summed E-state index contributed by atoms with van der Waals surface area (Å²) in [6.07, 6.45) is 1.93. The molecule has 9 heteroatoms. The molecule has 0 fully saturated rings. The van der Waals surface area contributed by atoms with Crippen molar-refractivity contribution in [2.75, 3.05) is 12.4 Å². The normalized spacial score (nSPS) is 10.7. The van der Waals surface area contributed by atoms with Crippen LogP contribution < -0.4 is 10.1 Å². The van der Waals surface area contributed by atoms with E-state index in [4.69, 9.17) is 18.1 Å². The van der Waals surface area contributed by atoms with Crippen molar-refractivity contribution in [3.05, 3.63) is 65.9 Å². The monoisotopic (exact) mass is 366 g/mol. The topological polar surface area (TPSA) is 116 Å². The summed E-state index contributed by atoms with van der Waals surface area (Å²) >= 11 is 0. The predicted molar refractivity (Wildman–Crippen MR) is 92.3 cm³/mol. The summed E-state index contributed by atoms with van der Waals surface area (Å²) in [7, 11) is 1.61. The van der Waals surface area contributed by atoms with Crippen LogP contribution in [-0.4, -0.2) is 28.4 Å². The Morgan fingerprint density at radius 2 is 2.00 bits per heavy atom. The van der Waals surface area contributed by atoms with Crippen molar-refractivity contribution in [2.45, 2.75) is 6.42 Å². The van der Waals surface area contributed by atoms with Crippen LogP contribution in [0.4, 0.5) is 6.01 Å². The van der Waals surface area contributed by atoms with Gasteiger partial charge in [-0.1, -0.05) is 22.4 Å². The largest absolute Gasteiger partial charge is 0.497 e. The van der Waals surface area contributed by atoms with Crippen molar-refractivity contribution in [3.8, 4) is 17.3 Å². The summed E-state index contributed by atoms with van der Waals surface area (Å²) in [6, 6.07) is 12.3. The Hall–Kier alpha value is -3.88. The second-order valence-corrected chi connectivity index (χ2v) is 5.53. The maximum Gasteiger partial charge on any atom is 0.322 e. The molecular weight excluding hydrogens is 352 g/mol. The number of rotatable bonds is 6. The van der Waals surface area contributed by atoms with E-state index in [1.807, 2.05) is 24.3 Å². The lowest BCUT2D eigenvalue weighted by Crippen LogP contribution is -2.12. The minimum absolute atomic E-state index is 0.0222. The molecule has 0 radical (unpaired) electrons. The summed E-state index contributed by atoms with van der Waals surface area (Å²) < 4.78 is 20.8. The van der Waals surface area contributed by atoms with Gasteiger partial charge in [-0.15, -0.1) is 5.10 Å². The zero-order valence-corrected chi connectivity index (χ0v) is 14.2. The molecule has 1 aromatic carbocycles. The number of carbonyl (C=O) groups excluding carboxylic acids is 1. The van der Waals surface area contributed by atoms with E-state index in [1.165, 1.54) is 12.3 Å². The average Bonchev–Trinajstić information content (AvgIpc) is 3.44. The average molecular weight is 366 g/mol. The van der Waals surface area contributed by atoms with E-state index in [0.717, 1.165) is 11.3 Å². The number of nitrogens with one attached hydrogen (secondary N) is 1. The molecule has 0 saturated carbocycles. The molecule has 3 heterocycles. The third-order valence-electron chi connectivity index (χ3n) is 3.71. The van der Waals surface area contributed by atoms with E-state index in [-0.39, 0.29) is 11.7 Å². The summed E-state index contributed by atoms with van der Waals surface area (Å²) in [6.45, 7) is 0. The van der Waals surface area contributed by atoms with Crippen LogP contribution in [0.2, 0.25) is 0 Å². The van der Waals surface area contributed by atoms with Gasteiger partial charge in [-0.25, -0.2) is 0 Å². The number of nitrogens with zero attached hydrogens (tertiary/aromatic N) is 3. The smallest absolute Gasteiger partial charge is 0.322 e. The lowest BCUT2D eigenvalue weighted by atomic mass is 10.1. The Bertz CT molecular complexity index is 1030. The van der Waals surface area contributed by atoms with Crippen molar-refractivity contribution < 1.29 is 22.9 Å². The van der Waals surface area contributed by atoms with E-state index in [1.54, 1.807) is 19.2 Å². The van der Waals surface area contributed by atoms with Crippen molar-refractivity contribution in [3.63, 3.8) is 0 Å². The Labute approximate surface area is 152 Å². The number of hydrogen-bond acceptors (Lipinski definition) is 8. The first-order chi connectivity index (χ1) is 13.2. The Morgan fingerprint density at radius 1 is 1.15 bits per heavy atom. The molecule has 0 aliphatic heterocycles. The van der Waals surface area contributed by atoms with E-state index >= 15 is 0 Å². The number of furan rings is 1. The van der Waals surface area contributed by atoms with Crippen LogP contribution in [0.5, 0.6) is 5.75 Å². The fourth-order valence-electron chi connectivity index (χ4n) is 2.37.